The summed E-state index contributed by atoms with van der Waals surface area (Å²) in [6, 6.07) is 0. The molecule has 3 rings (SSSR count). The predicted octanol–water partition coefficient (Wildman–Crippen LogP) is 2.30. The number of hydrogen-bond acceptors (Lipinski definition) is 2. The Morgan fingerprint density at radius 1 is 1.14 bits per heavy atom. The monoisotopic (exact) mass is 290 g/mol. The SMILES string of the molecule is O=C(C[C@@H]1C=CCC1)NC1(C(=O)NCC2CC2)CCCC1. The minimum atomic E-state index is -0.631. The number of rotatable bonds is 6. The Bertz CT molecular complexity index is 434. The molecule has 3 aliphatic carbocycles. The average Bonchev–Trinajstić information content (AvgIpc) is 2.93. The van der Waals surface area contributed by atoms with E-state index in [9.17, 15) is 9.59 Å². The lowest BCUT2D eigenvalue weighted by molar-refractivity contribution is -0.133. The molecule has 4 heteroatoms. The van der Waals surface area contributed by atoms with Gasteiger partial charge in [0.25, 0.3) is 0 Å². The van der Waals surface area contributed by atoms with E-state index in [2.05, 4.69) is 22.8 Å². The molecule has 0 aliphatic heterocycles. The first-order chi connectivity index (χ1) is 10.2. The molecule has 4 nitrogen and oxygen atoms in total. The molecule has 0 spiro atoms. The van der Waals surface area contributed by atoms with Crippen molar-refractivity contribution in [2.24, 2.45) is 11.8 Å². The number of carbonyl (C=O) groups is 2. The number of amides is 2. The lowest BCUT2D eigenvalue weighted by Crippen LogP contribution is -2.57. The standard InChI is InChI=1S/C17H26N2O2/c20-15(11-13-5-1-2-6-13)19-17(9-3-4-10-17)16(21)18-12-14-7-8-14/h1,5,13-14H,2-4,6-12H2,(H,18,21)(H,19,20)/t13-/m1/s1. The second kappa shape index (κ2) is 6.20. The Kier molecular flexibility index (Phi) is 4.32. The second-order valence-electron chi connectivity index (χ2n) is 6.96. The van der Waals surface area contributed by atoms with E-state index in [0.29, 0.717) is 18.3 Å². The molecule has 0 unspecified atom stereocenters. The van der Waals surface area contributed by atoms with Crippen LogP contribution in [0.4, 0.5) is 0 Å². The van der Waals surface area contributed by atoms with Crippen LogP contribution in [0.1, 0.15) is 57.8 Å². The van der Waals surface area contributed by atoms with Gasteiger partial charge in [-0.3, -0.25) is 9.59 Å². The molecule has 2 saturated carbocycles. The van der Waals surface area contributed by atoms with E-state index in [1.54, 1.807) is 0 Å². The molecule has 2 amide bonds. The van der Waals surface area contributed by atoms with E-state index in [1.807, 2.05) is 0 Å². The van der Waals surface area contributed by atoms with E-state index in [-0.39, 0.29) is 11.8 Å². The molecule has 0 aromatic carbocycles. The Morgan fingerprint density at radius 2 is 1.90 bits per heavy atom. The third-order valence-electron chi connectivity index (χ3n) is 5.08. The third kappa shape index (κ3) is 3.66. The summed E-state index contributed by atoms with van der Waals surface area (Å²) in [5.74, 6) is 1.11. The molecule has 116 valence electrons. The van der Waals surface area contributed by atoms with Gasteiger partial charge in [-0.2, -0.15) is 0 Å². The third-order valence-corrected chi connectivity index (χ3v) is 5.08. The van der Waals surface area contributed by atoms with Crippen LogP contribution in [0.5, 0.6) is 0 Å². The summed E-state index contributed by atoms with van der Waals surface area (Å²) in [5.41, 5.74) is -0.631. The Morgan fingerprint density at radius 3 is 2.52 bits per heavy atom. The van der Waals surface area contributed by atoms with Gasteiger partial charge in [-0.15, -0.1) is 0 Å². The molecule has 21 heavy (non-hydrogen) atoms. The zero-order valence-corrected chi connectivity index (χ0v) is 12.7. The van der Waals surface area contributed by atoms with Crippen LogP contribution < -0.4 is 10.6 Å². The van der Waals surface area contributed by atoms with Crippen LogP contribution in [0.15, 0.2) is 12.2 Å². The largest absolute Gasteiger partial charge is 0.354 e. The zero-order chi connectivity index (χ0) is 14.7. The van der Waals surface area contributed by atoms with E-state index < -0.39 is 5.54 Å². The predicted molar refractivity (Wildman–Crippen MR) is 81.6 cm³/mol. The molecular formula is C17H26N2O2. The lowest BCUT2D eigenvalue weighted by atomic mass is 9.94. The maximum atomic E-state index is 12.5. The molecule has 0 heterocycles. The topological polar surface area (TPSA) is 58.2 Å². The van der Waals surface area contributed by atoms with E-state index in [4.69, 9.17) is 0 Å². The van der Waals surface area contributed by atoms with E-state index in [0.717, 1.165) is 45.1 Å². The highest BCUT2D eigenvalue weighted by atomic mass is 16.2. The Labute approximate surface area is 126 Å². The molecule has 0 aromatic rings. The van der Waals surface area contributed by atoms with Gasteiger partial charge in [-0.1, -0.05) is 25.0 Å². The number of nitrogens with one attached hydrogen (secondary N) is 2. The van der Waals surface area contributed by atoms with Crippen molar-refractivity contribution in [2.45, 2.75) is 63.3 Å². The van der Waals surface area contributed by atoms with Gasteiger partial charge < -0.3 is 10.6 Å². The zero-order valence-electron chi connectivity index (χ0n) is 12.7. The number of carbonyl (C=O) groups excluding carboxylic acids is 2. The van der Waals surface area contributed by atoms with E-state index in [1.165, 1.54) is 12.8 Å². The van der Waals surface area contributed by atoms with Crippen molar-refractivity contribution in [1.82, 2.24) is 10.6 Å². The Balaban J connectivity index is 1.55. The van der Waals surface area contributed by atoms with Gasteiger partial charge >= 0.3 is 0 Å². The van der Waals surface area contributed by atoms with Crippen LogP contribution in [0, 0.1) is 11.8 Å². The van der Waals surface area contributed by atoms with Crippen LogP contribution in [0.25, 0.3) is 0 Å². The summed E-state index contributed by atoms with van der Waals surface area (Å²) in [6.07, 6.45) is 13.0. The van der Waals surface area contributed by atoms with Gasteiger partial charge in [0, 0.05) is 13.0 Å². The minimum Gasteiger partial charge on any atom is -0.354 e. The van der Waals surface area contributed by atoms with Crippen LogP contribution >= 0.6 is 0 Å². The summed E-state index contributed by atoms with van der Waals surface area (Å²) in [4.78, 5) is 24.8. The van der Waals surface area contributed by atoms with E-state index >= 15 is 0 Å². The fraction of sp³-hybridized carbons (Fsp3) is 0.765. The highest BCUT2D eigenvalue weighted by molar-refractivity contribution is 5.91. The van der Waals surface area contributed by atoms with Gasteiger partial charge in [0.15, 0.2) is 0 Å². The van der Waals surface area contributed by atoms with Crippen molar-refractivity contribution in [1.29, 1.82) is 0 Å². The normalized spacial score (nSPS) is 26.8. The van der Waals surface area contributed by atoms with Crippen molar-refractivity contribution >= 4 is 11.8 Å². The molecule has 0 bridgehead atoms. The van der Waals surface area contributed by atoms with Crippen molar-refractivity contribution in [2.75, 3.05) is 6.54 Å². The minimum absolute atomic E-state index is 0.0371. The number of allylic oxidation sites excluding steroid dienone is 2. The maximum absolute atomic E-state index is 12.5. The summed E-state index contributed by atoms with van der Waals surface area (Å²) >= 11 is 0. The second-order valence-corrected chi connectivity index (χ2v) is 6.96. The number of hydrogen-bond donors (Lipinski definition) is 2. The van der Waals surface area contributed by atoms with Crippen molar-refractivity contribution in [3.63, 3.8) is 0 Å². The van der Waals surface area contributed by atoms with Gasteiger partial charge in [0.2, 0.25) is 11.8 Å². The summed E-state index contributed by atoms with van der Waals surface area (Å²) in [7, 11) is 0. The highest BCUT2D eigenvalue weighted by Gasteiger charge is 2.42. The average molecular weight is 290 g/mol. The Hall–Kier alpha value is -1.32. The molecule has 0 aromatic heterocycles. The van der Waals surface area contributed by atoms with Crippen LogP contribution in [0.3, 0.4) is 0 Å². The van der Waals surface area contributed by atoms with Gasteiger partial charge in [0.1, 0.15) is 5.54 Å². The molecule has 3 aliphatic rings. The smallest absolute Gasteiger partial charge is 0.245 e. The van der Waals surface area contributed by atoms with Crippen LogP contribution in [-0.2, 0) is 9.59 Å². The van der Waals surface area contributed by atoms with Gasteiger partial charge in [0.05, 0.1) is 0 Å². The van der Waals surface area contributed by atoms with Gasteiger partial charge in [-0.25, -0.2) is 0 Å². The first kappa shape index (κ1) is 14.6. The highest BCUT2D eigenvalue weighted by Crippen LogP contribution is 2.32. The molecule has 2 fully saturated rings. The van der Waals surface area contributed by atoms with Crippen LogP contribution in [0.2, 0.25) is 0 Å². The molecule has 2 N–H and O–H groups in total. The van der Waals surface area contributed by atoms with Crippen molar-refractivity contribution in [3.8, 4) is 0 Å². The molecule has 0 saturated heterocycles. The van der Waals surface area contributed by atoms with Crippen molar-refractivity contribution in [3.05, 3.63) is 12.2 Å². The summed E-state index contributed by atoms with van der Waals surface area (Å²) in [5, 5.41) is 6.14. The lowest BCUT2D eigenvalue weighted by Gasteiger charge is -2.29. The fourth-order valence-electron chi connectivity index (χ4n) is 3.54. The summed E-state index contributed by atoms with van der Waals surface area (Å²) in [6.45, 7) is 0.780. The fourth-order valence-corrected chi connectivity index (χ4v) is 3.54. The molecule has 0 radical (unpaired) electrons. The quantitative estimate of drug-likeness (QED) is 0.737. The van der Waals surface area contributed by atoms with Crippen LogP contribution in [-0.4, -0.2) is 23.9 Å². The molecular weight excluding hydrogens is 264 g/mol. The maximum Gasteiger partial charge on any atom is 0.245 e. The summed E-state index contributed by atoms with van der Waals surface area (Å²) < 4.78 is 0. The van der Waals surface area contributed by atoms with Gasteiger partial charge in [-0.05, 0) is 50.4 Å². The van der Waals surface area contributed by atoms with Crippen molar-refractivity contribution < 1.29 is 9.59 Å². The molecule has 1 atom stereocenters. The first-order valence-corrected chi connectivity index (χ1v) is 8.44. The first-order valence-electron chi connectivity index (χ1n) is 8.44.